The van der Waals surface area contributed by atoms with E-state index in [2.05, 4.69) is 13.8 Å². The molecular formula is C13H18O3S. The van der Waals surface area contributed by atoms with Gasteiger partial charge in [0.2, 0.25) is 5.76 Å². The number of aromatic carboxylic acids is 1. The molecule has 0 saturated heterocycles. The average molecular weight is 254 g/mol. The molecule has 3 unspecified atom stereocenters. The first kappa shape index (κ1) is 12.6. The lowest BCUT2D eigenvalue weighted by molar-refractivity contribution is 0.0656. The van der Waals surface area contributed by atoms with Gasteiger partial charge in [0.1, 0.15) is 0 Å². The van der Waals surface area contributed by atoms with Gasteiger partial charge < -0.3 is 9.52 Å². The molecule has 0 amide bonds. The fourth-order valence-electron chi connectivity index (χ4n) is 2.27. The number of furan rings is 1. The second-order valence-corrected chi connectivity index (χ2v) is 6.24. The van der Waals surface area contributed by atoms with Crippen LogP contribution in [-0.4, -0.2) is 16.3 Å². The van der Waals surface area contributed by atoms with Crippen molar-refractivity contribution >= 4 is 17.7 Å². The molecule has 0 radical (unpaired) electrons. The molecule has 1 saturated carbocycles. The number of hydrogen-bond acceptors (Lipinski definition) is 3. The smallest absolute Gasteiger partial charge is 0.371 e. The molecule has 0 bridgehead atoms. The monoisotopic (exact) mass is 254 g/mol. The highest BCUT2D eigenvalue weighted by Gasteiger charge is 2.26. The molecule has 1 aliphatic rings. The summed E-state index contributed by atoms with van der Waals surface area (Å²) in [5, 5.41) is 10.1. The van der Waals surface area contributed by atoms with Gasteiger partial charge in [0.25, 0.3) is 0 Å². The Morgan fingerprint density at radius 1 is 1.35 bits per heavy atom. The van der Waals surface area contributed by atoms with E-state index in [1.807, 2.05) is 0 Å². The second kappa shape index (κ2) is 5.17. The fourth-order valence-corrected chi connectivity index (χ4v) is 3.53. The molecule has 0 aromatic carbocycles. The van der Waals surface area contributed by atoms with Crippen molar-refractivity contribution in [3.05, 3.63) is 17.9 Å². The number of carboxylic acids is 1. The highest BCUT2D eigenvalue weighted by Crippen LogP contribution is 2.39. The van der Waals surface area contributed by atoms with Gasteiger partial charge in [-0.3, -0.25) is 0 Å². The lowest BCUT2D eigenvalue weighted by Crippen LogP contribution is -2.22. The number of thioether (sulfide) groups is 1. The molecule has 1 aliphatic carbocycles. The molecule has 1 heterocycles. The van der Waals surface area contributed by atoms with Crippen molar-refractivity contribution in [2.24, 2.45) is 11.8 Å². The van der Waals surface area contributed by atoms with E-state index in [1.54, 1.807) is 17.8 Å². The summed E-state index contributed by atoms with van der Waals surface area (Å²) in [6, 6.07) is 3.29. The third-order valence-electron chi connectivity index (χ3n) is 3.63. The van der Waals surface area contributed by atoms with Gasteiger partial charge in [-0.1, -0.05) is 25.6 Å². The second-order valence-electron chi connectivity index (χ2n) is 4.93. The minimum absolute atomic E-state index is 0.0322. The van der Waals surface area contributed by atoms with E-state index in [0.717, 1.165) is 16.9 Å². The summed E-state index contributed by atoms with van der Waals surface area (Å²) in [7, 11) is 0. The van der Waals surface area contributed by atoms with Crippen LogP contribution in [-0.2, 0) is 0 Å². The van der Waals surface area contributed by atoms with Crippen LogP contribution >= 0.6 is 11.8 Å². The van der Waals surface area contributed by atoms with Gasteiger partial charge >= 0.3 is 5.97 Å². The van der Waals surface area contributed by atoms with Gasteiger partial charge in [0, 0.05) is 5.25 Å². The highest BCUT2D eigenvalue weighted by molar-refractivity contribution is 7.99. The first-order valence-electron chi connectivity index (χ1n) is 6.06. The Morgan fingerprint density at radius 2 is 2.12 bits per heavy atom. The van der Waals surface area contributed by atoms with Crippen molar-refractivity contribution in [3.8, 4) is 0 Å². The molecular weight excluding hydrogens is 236 g/mol. The normalized spacial score (nSPS) is 29.2. The van der Waals surface area contributed by atoms with E-state index in [4.69, 9.17) is 9.52 Å². The van der Waals surface area contributed by atoms with Crippen molar-refractivity contribution in [3.63, 3.8) is 0 Å². The summed E-state index contributed by atoms with van der Waals surface area (Å²) in [4.78, 5) is 10.7. The molecule has 17 heavy (non-hydrogen) atoms. The summed E-state index contributed by atoms with van der Waals surface area (Å²) in [6.45, 7) is 4.60. The summed E-state index contributed by atoms with van der Waals surface area (Å²) in [6.07, 6.45) is 3.64. The first-order chi connectivity index (χ1) is 8.06. The molecule has 2 rings (SSSR count). The summed E-state index contributed by atoms with van der Waals surface area (Å²) >= 11 is 1.68. The van der Waals surface area contributed by atoms with Crippen LogP contribution in [0.1, 0.15) is 43.7 Å². The van der Waals surface area contributed by atoms with E-state index in [9.17, 15) is 4.79 Å². The average Bonchev–Trinajstić information content (AvgIpc) is 2.72. The van der Waals surface area contributed by atoms with E-state index in [0.29, 0.717) is 5.25 Å². The molecule has 1 fully saturated rings. The van der Waals surface area contributed by atoms with Gasteiger partial charge in [-0.2, -0.15) is 0 Å². The van der Waals surface area contributed by atoms with Gasteiger partial charge in [-0.05, 0) is 43.2 Å². The standard InChI is InChI=1S/C13H18O3S/c1-8-3-4-10(7-9(8)2)17-12-6-5-11(16-12)13(14)15/h5-6,8-10H,3-4,7H2,1-2H3,(H,14,15). The maximum Gasteiger partial charge on any atom is 0.371 e. The molecule has 4 heteroatoms. The van der Waals surface area contributed by atoms with Crippen LogP contribution in [0.3, 0.4) is 0 Å². The van der Waals surface area contributed by atoms with Crippen LogP contribution in [0.25, 0.3) is 0 Å². The maximum absolute atomic E-state index is 10.7. The Morgan fingerprint density at radius 3 is 2.71 bits per heavy atom. The van der Waals surface area contributed by atoms with Crippen LogP contribution in [0.5, 0.6) is 0 Å². The van der Waals surface area contributed by atoms with Crippen molar-refractivity contribution in [1.82, 2.24) is 0 Å². The van der Waals surface area contributed by atoms with Crippen LogP contribution < -0.4 is 0 Å². The molecule has 1 aromatic heterocycles. The van der Waals surface area contributed by atoms with Crippen LogP contribution in [0.2, 0.25) is 0 Å². The first-order valence-corrected chi connectivity index (χ1v) is 6.94. The summed E-state index contributed by atoms with van der Waals surface area (Å²) in [5.74, 6) is 0.584. The van der Waals surface area contributed by atoms with Gasteiger partial charge in [0.15, 0.2) is 5.09 Å². The number of carbonyl (C=O) groups is 1. The van der Waals surface area contributed by atoms with Crippen molar-refractivity contribution in [2.75, 3.05) is 0 Å². The van der Waals surface area contributed by atoms with Gasteiger partial charge in [0.05, 0.1) is 0 Å². The molecule has 1 N–H and O–H groups in total. The van der Waals surface area contributed by atoms with E-state index in [-0.39, 0.29) is 5.76 Å². The lowest BCUT2D eigenvalue weighted by Gasteiger charge is -2.31. The van der Waals surface area contributed by atoms with Crippen LogP contribution in [0.15, 0.2) is 21.6 Å². The topological polar surface area (TPSA) is 50.4 Å². The molecule has 94 valence electrons. The van der Waals surface area contributed by atoms with E-state index < -0.39 is 5.97 Å². The number of hydrogen-bond donors (Lipinski definition) is 1. The Bertz CT molecular complexity index is 399. The largest absolute Gasteiger partial charge is 0.475 e. The zero-order chi connectivity index (χ0) is 12.4. The molecule has 1 aromatic rings. The third kappa shape index (κ3) is 3.06. The SMILES string of the molecule is CC1CCC(Sc2ccc(C(=O)O)o2)CC1C. The molecule has 0 spiro atoms. The van der Waals surface area contributed by atoms with Crippen LogP contribution in [0.4, 0.5) is 0 Å². The maximum atomic E-state index is 10.7. The Balaban J connectivity index is 1.94. The van der Waals surface area contributed by atoms with E-state index in [1.165, 1.54) is 25.3 Å². The quantitative estimate of drug-likeness (QED) is 0.889. The summed E-state index contributed by atoms with van der Waals surface area (Å²) in [5.41, 5.74) is 0. The molecule has 0 aliphatic heterocycles. The third-order valence-corrected chi connectivity index (χ3v) is 4.84. The lowest BCUT2D eigenvalue weighted by atomic mass is 9.81. The minimum atomic E-state index is -0.998. The van der Waals surface area contributed by atoms with Crippen molar-refractivity contribution in [2.45, 2.75) is 43.5 Å². The van der Waals surface area contributed by atoms with Crippen LogP contribution in [0, 0.1) is 11.8 Å². The minimum Gasteiger partial charge on any atom is -0.475 e. The van der Waals surface area contributed by atoms with Crippen molar-refractivity contribution in [1.29, 1.82) is 0 Å². The van der Waals surface area contributed by atoms with Crippen molar-refractivity contribution < 1.29 is 14.3 Å². The summed E-state index contributed by atoms with van der Waals surface area (Å²) < 4.78 is 5.27. The predicted octanol–water partition coefficient (Wildman–Crippen LogP) is 3.89. The number of carboxylic acid groups (broad SMARTS) is 1. The Hall–Kier alpha value is -0.900. The predicted molar refractivity (Wildman–Crippen MR) is 67.5 cm³/mol. The zero-order valence-corrected chi connectivity index (χ0v) is 11.0. The highest BCUT2D eigenvalue weighted by atomic mass is 32.2. The Labute approximate surface area is 106 Å². The Kier molecular flexibility index (Phi) is 3.82. The van der Waals surface area contributed by atoms with E-state index >= 15 is 0 Å². The zero-order valence-electron chi connectivity index (χ0n) is 10.2. The fraction of sp³-hybridized carbons (Fsp3) is 0.615. The number of rotatable bonds is 3. The van der Waals surface area contributed by atoms with Gasteiger partial charge in [-0.25, -0.2) is 4.79 Å². The molecule has 3 nitrogen and oxygen atoms in total. The molecule has 3 atom stereocenters. The van der Waals surface area contributed by atoms with Gasteiger partial charge in [-0.15, -0.1) is 0 Å².